The fourth-order valence-electron chi connectivity index (χ4n) is 4.83. The van der Waals surface area contributed by atoms with Crippen LogP contribution in [0.25, 0.3) is 11.0 Å². The summed E-state index contributed by atoms with van der Waals surface area (Å²) in [5.41, 5.74) is 3.07. The van der Waals surface area contributed by atoms with Crippen molar-refractivity contribution in [2.45, 2.75) is 70.9 Å². The number of aliphatic hydroxyl groups excluding tert-OH is 2. The molecule has 1 unspecified atom stereocenters. The monoisotopic (exact) mass is 539 g/mol. The number of carbonyl (C=O) groups excluding carboxylic acids is 1. The Hall–Kier alpha value is -3.25. The molecule has 2 atom stereocenters. The number of nitrogens with zero attached hydrogens (tertiary/aromatic N) is 3. The molecule has 1 aromatic carbocycles. The van der Waals surface area contributed by atoms with Crippen molar-refractivity contribution >= 4 is 34.4 Å². The number of unbranched alkanes of at least 4 members (excludes halogenated alkanes) is 3. The number of hydrogen-bond acceptors (Lipinski definition) is 6. The molecule has 0 aliphatic heterocycles. The summed E-state index contributed by atoms with van der Waals surface area (Å²) in [5.74, 6) is -1.55. The third kappa shape index (κ3) is 7.87. The SMILES string of the molecule is CC(CC(=O)O)CC(=O)c1c(CCCCCCc2cccc(Cl)c2)n(C[C@H](O)CO)c2ncc(C#N)cc12. The summed E-state index contributed by atoms with van der Waals surface area (Å²) in [4.78, 5) is 29.1. The highest BCUT2D eigenvalue weighted by atomic mass is 35.5. The van der Waals surface area contributed by atoms with Gasteiger partial charge in [0.15, 0.2) is 5.78 Å². The Kier molecular flexibility index (Phi) is 10.8. The van der Waals surface area contributed by atoms with Crippen LogP contribution < -0.4 is 0 Å². The Labute approximate surface area is 227 Å². The first-order valence-electron chi connectivity index (χ1n) is 12.9. The highest BCUT2D eigenvalue weighted by molar-refractivity contribution is 6.30. The zero-order chi connectivity index (χ0) is 27.7. The zero-order valence-electron chi connectivity index (χ0n) is 21.6. The largest absolute Gasteiger partial charge is 0.481 e. The Balaban J connectivity index is 1.85. The number of fused-ring (bicyclic) bond motifs is 1. The topological polar surface area (TPSA) is 136 Å². The van der Waals surface area contributed by atoms with Crippen molar-refractivity contribution in [1.82, 2.24) is 9.55 Å². The van der Waals surface area contributed by atoms with E-state index >= 15 is 0 Å². The van der Waals surface area contributed by atoms with Crippen LogP contribution in [0.15, 0.2) is 36.5 Å². The van der Waals surface area contributed by atoms with E-state index < -0.39 is 18.7 Å². The number of pyridine rings is 1. The molecule has 2 heterocycles. The normalized spacial score (nSPS) is 12.8. The Morgan fingerprint density at radius 2 is 1.87 bits per heavy atom. The number of ketones is 1. The number of rotatable bonds is 15. The number of carboxylic acids is 1. The molecule has 0 amide bonds. The van der Waals surface area contributed by atoms with Crippen LogP contribution in [0.2, 0.25) is 5.02 Å². The molecule has 8 nitrogen and oxygen atoms in total. The van der Waals surface area contributed by atoms with Crippen LogP contribution in [-0.4, -0.2) is 49.3 Å². The number of halogens is 1. The van der Waals surface area contributed by atoms with Gasteiger partial charge in [0.1, 0.15) is 11.7 Å². The van der Waals surface area contributed by atoms with Crippen LogP contribution in [0.5, 0.6) is 0 Å². The number of Topliss-reactive ketones (excluding diaryl/α,β-unsaturated/α-hetero) is 1. The van der Waals surface area contributed by atoms with Gasteiger partial charge >= 0.3 is 5.97 Å². The van der Waals surface area contributed by atoms with Crippen LogP contribution in [-0.2, 0) is 24.2 Å². The van der Waals surface area contributed by atoms with E-state index in [0.29, 0.717) is 34.3 Å². The van der Waals surface area contributed by atoms with Gasteiger partial charge in [-0.25, -0.2) is 4.98 Å². The lowest BCUT2D eigenvalue weighted by molar-refractivity contribution is -0.137. The first-order valence-corrected chi connectivity index (χ1v) is 13.3. The predicted molar refractivity (Wildman–Crippen MR) is 145 cm³/mol. The molecule has 3 rings (SSSR count). The van der Waals surface area contributed by atoms with Crippen molar-refractivity contribution < 1.29 is 24.9 Å². The van der Waals surface area contributed by atoms with Crippen LogP contribution >= 0.6 is 11.6 Å². The van der Waals surface area contributed by atoms with E-state index in [1.807, 2.05) is 18.2 Å². The molecule has 9 heteroatoms. The Morgan fingerprint density at radius 1 is 1.13 bits per heavy atom. The maximum absolute atomic E-state index is 13.5. The Bertz CT molecular complexity index is 1310. The van der Waals surface area contributed by atoms with Gasteiger partial charge in [0.05, 0.1) is 24.8 Å². The second-order valence-corrected chi connectivity index (χ2v) is 10.3. The van der Waals surface area contributed by atoms with Crippen molar-refractivity contribution in [3.05, 3.63) is 63.9 Å². The fourth-order valence-corrected chi connectivity index (χ4v) is 5.04. The summed E-state index contributed by atoms with van der Waals surface area (Å²) in [6, 6.07) is 11.5. The van der Waals surface area contributed by atoms with Gasteiger partial charge in [-0.3, -0.25) is 9.59 Å². The second-order valence-electron chi connectivity index (χ2n) is 9.85. The van der Waals surface area contributed by atoms with Crippen molar-refractivity contribution in [2.75, 3.05) is 6.61 Å². The van der Waals surface area contributed by atoms with Crippen molar-refractivity contribution in [3.8, 4) is 6.07 Å². The third-order valence-corrected chi connectivity index (χ3v) is 6.83. The molecular weight excluding hydrogens is 506 g/mol. The molecule has 38 heavy (non-hydrogen) atoms. The predicted octanol–water partition coefficient (Wildman–Crippen LogP) is 4.94. The molecule has 0 saturated carbocycles. The third-order valence-electron chi connectivity index (χ3n) is 6.59. The number of carboxylic acid groups (broad SMARTS) is 1. The summed E-state index contributed by atoms with van der Waals surface area (Å²) in [5, 5.41) is 39.5. The molecule has 0 saturated heterocycles. The van der Waals surface area contributed by atoms with Crippen molar-refractivity contribution in [1.29, 1.82) is 5.26 Å². The summed E-state index contributed by atoms with van der Waals surface area (Å²) < 4.78 is 1.76. The van der Waals surface area contributed by atoms with Crippen LogP contribution in [0.4, 0.5) is 0 Å². The first-order chi connectivity index (χ1) is 18.2. The number of aliphatic hydroxyl groups is 2. The van der Waals surface area contributed by atoms with Crippen LogP contribution in [0, 0.1) is 17.2 Å². The molecule has 202 valence electrons. The van der Waals surface area contributed by atoms with E-state index in [1.165, 1.54) is 11.8 Å². The number of aryl methyl sites for hydroxylation is 1. The molecule has 0 spiro atoms. The lowest BCUT2D eigenvalue weighted by Gasteiger charge is -2.15. The van der Waals surface area contributed by atoms with Gasteiger partial charge in [0, 0.05) is 40.7 Å². The van der Waals surface area contributed by atoms with E-state index in [4.69, 9.17) is 16.7 Å². The molecule has 0 aliphatic rings. The number of carbonyl (C=O) groups is 2. The molecule has 0 aliphatic carbocycles. The Morgan fingerprint density at radius 3 is 2.53 bits per heavy atom. The zero-order valence-corrected chi connectivity index (χ0v) is 22.3. The number of hydrogen-bond donors (Lipinski definition) is 3. The molecule has 3 aromatic rings. The van der Waals surface area contributed by atoms with E-state index in [0.717, 1.165) is 37.1 Å². The molecule has 0 radical (unpaired) electrons. The average molecular weight is 540 g/mol. The minimum Gasteiger partial charge on any atom is -0.481 e. The average Bonchev–Trinajstić information content (AvgIpc) is 3.17. The van der Waals surface area contributed by atoms with Crippen LogP contribution in [0.1, 0.15) is 72.6 Å². The standard InChI is InChI=1S/C29H34ClN3O5/c1-19(12-27(37)38)11-26(36)28-24-14-21(15-31)16-32-29(24)33(17-23(35)18-34)25(28)10-5-3-2-4-7-20-8-6-9-22(30)13-20/h6,8-9,13-14,16,19,23,34-35H,2-5,7,10-12,17-18H2,1H3,(H,37,38)/t19?,23-/m0/s1. The lowest BCUT2D eigenvalue weighted by Crippen LogP contribution is -2.22. The second kappa shape index (κ2) is 14.1. The number of aromatic nitrogens is 2. The first kappa shape index (κ1) is 29.3. The van der Waals surface area contributed by atoms with E-state index in [9.17, 15) is 25.1 Å². The van der Waals surface area contributed by atoms with Gasteiger partial charge in [-0.2, -0.15) is 5.26 Å². The minimum absolute atomic E-state index is 0.0391. The van der Waals surface area contributed by atoms with Gasteiger partial charge < -0.3 is 19.9 Å². The van der Waals surface area contributed by atoms with E-state index in [-0.39, 0.29) is 31.1 Å². The van der Waals surface area contributed by atoms with Gasteiger partial charge in [0.25, 0.3) is 0 Å². The summed E-state index contributed by atoms with van der Waals surface area (Å²) >= 11 is 6.07. The maximum atomic E-state index is 13.5. The minimum atomic E-state index is -1.05. The molecule has 0 fully saturated rings. The number of nitriles is 1. The summed E-state index contributed by atoms with van der Waals surface area (Å²) in [7, 11) is 0. The van der Waals surface area contributed by atoms with Crippen molar-refractivity contribution in [2.24, 2.45) is 5.92 Å². The molecule has 0 bridgehead atoms. The van der Waals surface area contributed by atoms with Gasteiger partial charge in [0.2, 0.25) is 0 Å². The van der Waals surface area contributed by atoms with Crippen molar-refractivity contribution in [3.63, 3.8) is 0 Å². The summed E-state index contributed by atoms with van der Waals surface area (Å²) in [6.07, 6.45) is 5.45. The van der Waals surface area contributed by atoms with E-state index in [1.54, 1.807) is 17.6 Å². The molecular formula is C29H34ClN3O5. The number of benzene rings is 1. The van der Waals surface area contributed by atoms with Gasteiger partial charge in [-0.1, -0.05) is 43.5 Å². The molecule has 3 N–H and O–H groups in total. The summed E-state index contributed by atoms with van der Waals surface area (Å²) in [6.45, 7) is 1.32. The van der Waals surface area contributed by atoms with E-state index in [2.05, 4.69) is 17.1 Å². The highest BCUT2D eigenvalue weighted by Gasteiger charge is 2.26. The van der Waals surface area contributed by atoms with Gasteiger partial charge in [-0.05, 0) is 55.4 Å². The van der Waals surface area contributed by atoms with Gasteiger partial charge in [-0.15, -0.1) is 0 Å². The quantitative estimate of drug-likeness (QED) is 0.184. The lowest BCUT2D eigenvalue weighted by atomic mass is 9.94. The highest BCUT2D eigenvalue weighted by Crippen LogP contribution is 2.30. The smallest absolute Gasteiger partial charge is 0.303 e. The molecule has 2 aromatic heterocycles. The number of aliphatic carboxylic acids is 1. The fraction of sp³-hybridized carbons (Fsp3) is 0.448. The van der Waals surface area contributed by atoms with Crippen LogP contribution in [0.3, 0.4) is 0 Å². The maximum Gasteiger partial charge on any atom is 0.303 e.